The lowest BCUT2D eigenvalue weighted by atomic mass is 9.93. The van der Waals surface area contributed by atoms with Crippen LogP contribution in [-0.4, -0.2) is 30.2 Å². The van der Waals surface area contributed by atoms with E-state index < -0.39 is 11.6 Å². The van der Waals surface area contributed by atoms with Gasteiger partial charge in [0.05, 0.1) is 16.8 Å². The van der Waals surface area contributed by atoms with Crippen molar-refractivity contribution >= 4 is 11.6 Å². The van der Waals surface area contributed by atoms with Gasteiger partial charge in [0, 0.05) is 26.2 Å². The molecule has 28 heavy (non-hydrogen) atoms. The maximum absolute atomic E-state index is 13.3. The lowest BCUT2D eigenvalue weighted by Gasteiger charge is -2.22. The van der Waals surface area contributed by atoms with Crippen LogP contribution < -0.4 is 15.8 Å². The molecule has 5 nitrogen and oxygen atoms in total. The number of nitrogens with zero attached hydrogens (tertiary/aromatic N) is 2. The number of nitrogens with one attached hydrogen (secondary N) is 2. The molecule has 1 atom stereocenters. The molecular weight excluding hydrogens is 369 g/mol. The lowest BCUT2D eigenvalue weighted by molar-refractivity contribution is -0.160. The number of rotatable bonds is 6. The zero-order chi connectivity index (χ0) is 20.7. The molecule has 0 aliphatic heterocycles. The molecule has 1 saturated carbocycles. The molecule has 0 saturated heterocycles. The van der Waals surface area contributed by atoms with Crippen molar-refractivity contribution < 1.29 is 13.2 Å². The van der Waals surface area contributed by atoms with Crippen LogP contribution in [0.1, 0.15) is 42.6 Å². The third-order valence-corrected chi connectivity index (χ3v) is 5.11. The summed E-state index contributed by atoms with van der Waals surface area (Å²) in [5.41, 5.74) is 0.0194. The molecule has 0 amide bonds. The molecule has 0 radical (unpaired) electrons. The Bertz CT molecular complexity index is 928. The minimum Gasteiger partial charge on any atom is -0.377 e. The molecule has 1 fully saturated rings. The summed E-state index contributed by atoms with van der Waals surface area (Å²) in [6, 6.07) is 7.62. The van der Waals surface area contributed by atoms with Crippen LogP contribution in [0, 0.1) is 0 Å². The Morgan fingerprint density at radius 3 is 2.39 bits per heavy atom. The highest BCUT2D eigenvalue weighted by atomic mass is 19.4. The molecule has 0 spiro atoms. The van der Waals surface area contributed by atoms with Crippen LogP contribution in [0.3, 0.4) is 0 Å². The topological polar surface area (TPSA) is 61.0 Å². The van der Waals surface area contributed by atoms with E-state index in [-0.39, 0.29) is 24.4 Å². The van der Waals surface area contributed by atoms with E-state index in [1.807, 2.05) is 6.92 Å². The van der Waals surface area contributed by atoms with E-state index in [0.29, 0.717) is 22.9 Å². The molecular formula is C20H23F3N4O. The van der Waals surface area contributed by atoms with Crippen molar-refractivity contribution in [2.75, 3.05) is 19.0 Å². The predicted octanol–water partition coefficient (Wildman–Crippen LogP) is 3.75. The number of aromatic amines is 1. The molecule has 1 aromatic heterocycles. The Labute approximate surface area is 161 Å². The standard InChI is InChI=1S/C20H23F3N4O/c1-12(24-13(2)16-11-17(28)26-18(25-16)27(3)4)14-5-7-15(8-6-14)19(9-10-19)20(21,22)23/h5-8,11-12,24H,2,9-10H2,1,3-4H3,(H,25,26,28). The molecule has 1 unspecified atom stereocenters. The van der Waals surface area contributed by atoms with Crippen LogP contribution in [0.4, 0.5) is 19.1 Å². The summed E-state index contributed by atoms with van der Waals surface area (Å²) >= 11 is 0. The van der Waals surface area contributed by atoms with Gasteiger partial charge in [0.2, 0.25) is 5.95 Å². The average molecular weight is 392 g/mol. The Hall–Kier alpha value is -2.77. The maximum atomic E-state index is 13.3. The van der Waals surface area contributed by atoms with Crippen LogP contribution in [0.25, 0.3) is 5.70 Å². The van der Waals surface area contributed by atoms with Crippen molar-refractivity contribution in [2.45, 2.75) is 37.4 Å². The van der Waals surface area contributed by atoms with E-state index >= 15 is 0 Å². The van der Waals surface area contributed by atoms with Gasteiger partial charge in [-0.3, -0.25) is 9.78 Å². The molecule has 1 aliphatic rings. The molecule has 1 heterocycles. The van der Waals surface area contributed by atoms with Crippen molar-refractivity contribution in [2.24, 2.45) is 0 Å². The zero-order valence-electron chi connectivity index (χ0n) is 16.0. The van der Waals surface area contributed by atoms with Gasteiger partial charge in [-0.15, -0.1) is 0 Å². The van der Waals surface area contributed by atoms with Crippen molar-refractivity contribution in [3.8, 4) is 0 Å². The van der Waals surface area contributed by atoms with Crippen LogP contribution in [-0.2, 0) is 5.41 Å². The van der Waals surface area contributed by atoms with Gasteiger partial charge in [-0.05, 0) is 30.9 Å². The SMILES string of the molecule is C=C(NC(C)c1ccc(C2(C(F)(F)F)CC2)cc1)c1cc(=O)[nH]c(N(C)C)n1. The average Bonchev–Trinajstić information content (AvgIpc) is 3.43. The van der Waals surface area contributed by atoms with E-state index in [9.17, 15) is 18.0 Å². The van der Waals surface area contributed by atoms with Gasteiger partial charge in [-0.25, -0.2) is 4.98 Å². The van der Waals surface area contributed by atoms with Crippen molar-refractivity contribution in [3.05, 3.63) is 64.1 Å². The highest BCUT2D eigenvalue weighted by molar-refractivity contribution is 5.59. The third kappa shape index (κ3) is 3.76. The van der Waals surface area contributed by atoms with E-state index in [1.54, 1.807) is 43.3 Å². The van der Waals surface area contributed by atoms with Gasteiger partial charge in [-0.1, -0.05) is 30.8 Å². The number of anilines is 1. The number of aromatic nitrogens is 2. The highest BCUT2D eigenvalue weighted by Crippen LogP contribution is 2.58. The first-order valence-electron chi connectivity index (χ1n) is 8.95. The Balaban J connectivity index is 1.74. The fraction of sp³-hybridized carbons (Fsp3) is 0.400. The van der Waals surface area contributed by atoms with Gasteiger partial charge < -0.3 is 10.2 Å². The number of hydrogen-bond donors (Lipinski definition) is 2. The lowest BCUT2D eigenvalue weighted by Crippen LogP contribution is -2.28. The molecule has 2 aromatic rings. The van der Waals surface area contributed by atoms with E-state index in [1.165, 1.54) is 6.07 Å². The van der Waals surface area contributed by atoms with Gasteiger partial charge >= 0.3 is 6.18 Å². The zero-order valence-corrected chi connectivity index (χ0v) is 16.0. The third-order valence-electron chi connectivity index (χ3n) is 5.11. The number of benzene rings is 1. The summed E-state index contributed by atoms with van der Waals surface area (Å²) in [6.45, 7) is 5.81. The molecule has 1 aromatic carbocycles. The summed E-state index contributed by atoms with van der Waals surface area (Å²) in [5, 5.41) is 3.16. The quantitative estimate of drug-likeness (QED) is 0.786. The highest BCUT2D eigenvalue weighted by Gasteiger charge is 2.64. The Kier molecular flexibility index (Phi) is 4.99. The van der Waals surface area contributed by atoms with Crippen molar-refractivity contribution in [3.63, 3.8) is 0 Å². The Morgan fingerprint density at radius 2 is 1.89 bits per heavy atom. The predicted molar refractivity (Wildman–Crippen MR) is 103 cm³/mol. The molecule has 0 bridgehead atoms. The fourth-order valence-electron chi connectivity index (χ4n) is 3.18. The maximum Gasteiger partial charge on any atom is 0.398 e. The first-order valence-corrected chi connectivity index (χ1v) is 8.95. The Morgan fingerprint density at radius 1 is 1.29 bits per heavy atom. The largest absolute Gasteiger partial charge is 0.398 e. The number of halogens is 3. The van der Waals surface area contributed by atoms with E-state index in [4.69, 9.17) is 0 Å². The van der Waals surface area contributed by atoms with Gasteiger partial charge in [0.25, 0.3) is 5.56 Å². The van der Waals surface area contributed by atoms with E-state index in [2.05, 4.69) is 21.9 Å². The summed E-state index contributed by atoms with van der Waals surface area (Å²) in [6.07, 6.45) is -3.94. The monoisotopic (exact) mass is 392 g/mol. The van der Waals surface area contributed by atoms with Gasteiger partial charge in [0.15, 0.2) is 0 Å². The smallest absolute Gasteiger partial charge is 0.377 e. The summed E-state index contributed by atoms with van der Waals surface area (Å²) in [5.74, 6) is 0.407. The van der Waals surface area contributed by atoms with Crippen LogP contribution in [0.2, 0.25) is 0 Å². The summed E-state index contributed by atoms with van der Waals surface area (Å²) in [7, 11) is 3.52. The minimum absolute atomic E-state index is 0.142. The molecule has 150 valence electrons. The van der Waals surface area contributed by atoms with Crippen molar-refractivity contribution in [1.82, 2.24) is 15.3 Å². The normalized spacial score (nSPS) is 16.4. The summed E-state index contributed by atoms with van der Waals surface area (Å²) < 4.78 is 39.8. The molecule has 1 aliphatic carbocycles. The number of hydrogen-bond acceptors (Lipinski definition) is 4. The first kappa shape index (κ1) is 20.0. The van der Waals surface area contributed by atoms with E-state index in [0.717, 1.165) is 5.56 Å². The number of H-pyrrole nitrogens is 1. The molecule has 8 heteroatoms. The first-order chi connectivity index (χ1) is 13.0. The molecule has 3 rings (SSSR count). The second-order valence-electron chi connectivity index (χ2n) is 7.40. The molecule has 2 N–H and O–H groups in total. The number of alkyl halides is 3. The van der Waals surface area contributed by atoms with Crippen LogP contribution in [0.5, 0.6) is 0 Å². The summed E-state index contributed by atoms with van der Waals surface area (Å²) in [4.78, 5) is 20.5. The second kappa shape index (κ2) is 7.00. The van der Waals surface area contributed by atoms with Gasteiger partial charge in [0.1, 0.15) is 0 Å². The van der Waals surface area contributed by atoms with Crippen molar-refractivity contribution in [1.29, 1.82) is 0 Å². The second-order valence-corrected chi connectivity index (χ2v) is 7.40. The van der Waals surface area contributed by atoms with Crippen LogP contribution in [0.15, 0.2) is 41.7 Å². The fourth-order valence-corrected chi connectivity index (χ4v) is 3.18. The van der Waals surface area contributed by atoms with Gasteiger partial charge in [-0.2, -0.15) is 13.2 Å². The minimum atomic E-state index is -4.22. The van der Waals surface area contributed by atoms with Crippen LogP contribution >= 0.6 is 0 Å².